The van der Waals surface area contributed by atoms with Crippen LogP contribution in [0.2, 0.25) is 0 Å². The van der Waals surface area contributed by atoms with E-state index in [1.54, 1.807) is 0 Å². The van der Waals surface area contributed by atoms with Crippen LogP contribution in [0.15, 0.2) is 0 Å². The van der Waals surface area contributed by atoms with Crippen LogP contribution in [0, 0.1) is 11.8 Å². The Hall–Kier alpha value is -0.0400. The molecular weight excluding hydrogens is 170 g/mol. The molecule has 1 fully saturated rings. The molecule has 1 N–H and O–H groups in total. The zero-order chi connectivity index (χ0) is 10.8. The van der Waals surface area contributed by atoms with E-state index in [9.17, 15) is 0 Å². The minimum absolute atomic E-state index is 0.890. The number of rotatable bonds is 4. The third-order valence-corrected chi connectivity index (χ3v) is 2.79. The summed E-state index contributed by atoms with van der Waals surface area (Å²) in [5.74, 6) is 1.87. The highest BCUT2D eigenvalue weighted by Gasteiger charge is 2.11. The molecule has 1 atom stereocenters. The lowest BCUT2D eigenvalue weighted by molar-refractivity contribution is 0.340. The fourth-order valence-electron chi connectivity index (χ4n) is 1.99. The van der Waals surface area contributed by atoms with Crippen molar-refractivity contribution in [3.05, 3.63) is 0 Å². The molecule has 86 valence electrons. The zero-order valence-corrected chi connectivity index (χ0v) is 10.6. The average molecular weight is 199 g/mol. The van der Waals surface area contributed by atoms with Crippen LogP contribution in [-0.4, -0.2) is 13.1 Å². The molecule has 1 rings (SSSR count). The van der Waals surface area contributed by atoms with Crippen molar-refractivity contribution in [1.29, 1.82) is 0 Å². The van der Waals surface area contributed by atoms with E-state index in [4.69, 9.17) is 0 Å². The van der Waals surface area contributed by atoms with Gasteiger partial charge in [-0.25, -0.2) is 0 Å². The molecular formula is C13H29N. The van der Waals surface area contributed by atoms with E-state index in [2.05, 4.69) is 19.2 Å². The molecule has 1 heteroatoms. The Morgan fingerprint density at radius 1 is 1.29 bits per heavy atom. The molecule has 0 amide bonds. The standard InChI is InChI=1S/C11H23N.C2H6/c1-10(2)5-3-6-11-7-4-8-12-9-11;1-2/h10-12H,3-9H2,1-2H3;1-2H3. The number of hydrogen-bond donors (Lipinski definition) is 1. The van der Waals surface area contributed by atoms with Crippen LogP contribution in [0.5, 0.6) is 0 Å². The molecule has 1 unspecified atom stereocenters. The molecule has 1 aliphatic rings. The van der Waals surface area contributed by atoms with Gasteiger partial charge in [-0.3, -0.25) is 0 Å². The van der Waals surface area contributed by atoms with E-state index < -0.39 is 0 Å². The summed E-state index contributed by atoms with van der Waals surface area (Å²) in [6, 6.07) is 0. The maximum Gasteiger partial charge on any atom is -0.00205 e. The molecule has 0 saturated carbocycles. The van der Waals surface area contributed by atoms with Gasteiger partial charge in [0.25, 0.3) is 0 Å². The first kappa shape index (κ1) is 14.0. The molecule has 0 bridgehead atoms. The van der Waals surface area contributed by atoms with E-state index >= 15 is 0 Å². The highest BCUT2D eigenvalue weighted by Crippen LogP contribution is 2.18. The van der Waals surface area contributed by atoms with E-state index in [1.165, 1.54) is 45.2 Å². The highest BCUT2D eigenvalue weighted by atomic mass is 14.9. The van der Waals surface area contributed by atoms with E-state index in [-0.39, 0.29) is 0 Å². The fourth-order valence-corrected chi connectivity index (χ4v) is 1.99. The summed E-state index contributed by atoms with van der Waals surface area (Å²) in [5, 5.41) is 3.47. The topological polar surface area (TPSA) is 12.0 Å². The van der Waals surface area contributed by atoms with Gasteiger partial charge in [-0.1, -0.05) is 40.5 Å². The van der Waals surface area contributed by atoms with Gasteiger partial charge in [-0.15, -0.1) is 0 Å². The number of nitrogens with one attached hydrogen (secondary N) is 1. The van der Waals surface area contributed by atoms with Crippen LogP contribution in [0.3, 0.4) is 0 Å². The van der Waals surface area contributed by atoms with Crippen LogP contribution >= 0.6 is 0 Å². The lowest BCUT2D eigenvalue weighted by Gasteiger charge is -2.22. The Labute approximate surface area is 90.7 Å². The second-order valence-corrected chi connectivity index (χ2v) is 4.54. The molecule has 0 aromatic carbocycles. The second kappa shape index (κ2) is 9.51. The fraction of sp³-hybridized carbons (Fsp3) is 1.00. The Morgan fingerprint density at radius 3 is 2.50 bits per heavy atom. The smallest absolute Gasteiger partial charge is 0.00205 e. The normalized spacial score (nSPS) is 21.6. The molecule has 1 aliphatic heterocycles. The lowest BCUT2D eigenvalue weighted by atomic mass is 9.92. The molecule has 1 saturated heterocycles. The van der Waals surface area contributed by atoms with Gasteiger partial charge in [0.1, 0.15) is 0 Å². The van der Waals surface area contributed by atoms with Gasteiger partial charge in [-0.2, -0.15) is 0 Å². The summed E-state index contributed by atoms with van der Waals surface area (Å²) in [5.41, 5.74) is 0. The molecule has 0 aromatic rings. The first-order chi connectivity index (χ1) is 6.79. The lowest BCUT2D eigenvalue weighted by Crippen LogP contribution is -2.29. The maximum absolute atomic E-state index is 3.47. The Morgan fingerprint density at radius 2 is 2.00 bits per heavy atom. The molecule has 0 aliphatic carbocycles. The molecule has 14 heavy (non-hydrogen) atoms. The quantitative estimate of drug-likeness (QED) is 0.725. The van der Waals surface area contributed by atoms with Crippen molar-refractivity contribution in [1.82, 2.24) is 5.32 Å². The Bertz CT molecular complexity index is 104. The van der Waals surface area contributed by atoms with Crippen molar-refractivity contribution in [2.45, 2.75) is 59.8 Å². The van der Waals surface area contributed by atoms with Gasteiger partial charge in [-0.05, 0) is 44.2 Å². The monoisotopic (exact) mass is 199 g/mol. The third-order valence-electron chi connectivity index (χ3n) is 2.79. The second-order valence-electron chi connectivity index (χ2n) is 4.54. The van der Waals surface area contributed by atoms with Crippen LogP contribution < -0.4 is 5.32 Å². The van der Waals surface area contributed by atoms with Crippen molar-refractivity contribution >= 4 is 0 Å². The largest absolute Gasteiger partial charge is 0.316 e. The van der Waals surface area contributed by atoms with E-state index in [0.29, 0.717) is 0 Å². The van der Waals surface area contributed by atoms with Crippen LogP contribution in [-0.2, 0) is 0 Å². The molecule has 1 heterocycles. The summed E-state index contributed by atoms with van der Waals surface area (Å²) in [7, 11) is 0. The Balaban J connectivity index is 0.000000791. The van der Waals surface area contributed by atoms with Gasteiger partial charge >= 0.3 is 0 Å². The van der Waals surface area contributed by atoms with Crippen LogP contribution in [0.25, 0.3) is 0 Å². The first-order valence-electron chi connectivity index (χ1n) is 6.49. The molecule has 0 radical (unpaired) electrons. The minimum Gasteiger partial charge on any atom is -0.316 e. The highest BCUT2D eigenvalue weighted by molar-refractivity contribution is 4.68. The first-order valence-corrected chi connectivity index (χ1v) is 6.49. The minimum atomic E-state index is 0.890. The summed E-state index contributed by atoms with van der Waals surface area (Å²) in [6.45, 7) is 11.2. The van der Waals surface area contributed by atoms with Gasteiger partial charge in [0.2, 0.25) is 0 Å². The SMILES string of the molecule is CC.CC(C)CCCC1CCCNC1. The Kier molecular flexibility index (Phi) is 9.49. The maximum atomic E-state index is 3.47. The summed E-state index contributed by atoms with van der Waals surface area (Å²) in [4.78, 5) is 0. The van der Waals surface area contributed by atoms with Crippen molar-refractivity contribution < 1.29 is 0 Å². The predicted molar refractivity (Wildman–Crippen MR) is 65.6 cm³/mol. The van der Waals surface area contributed by atoms with Crippen molar-refractivity contribution in [2.75, 3.05) is 13.1 Å². The van der Waals surface area contributed by atoms with E-state index in [0.717, 1.165) is 11.8 Å². The van der Waals surface area contributed by atoms with Gasteiger partial charge < -0.3 is 5.32 Å². The molecule has 0 spiro atoms. The van der Waals surface area contributed by atoms with Crippen LogP contribution in [0.1, 0.15) is 59.8 Å². The summed E-state index contributed by atoms with van der Waals surface area (Å²) >= 11 is 0. The van der Waals surface area contributed by atoms with Crippen molar-refractivity contribution in [3.8, 4) is 0 Å². The van der Waals surface area contributed by atoms with Crippen LogP contribution in [0.4, 0.5) is 0 Å². The predicted octanol–water partition coefficient (Wildman–Crippen LogP) is 3.84. The zero-order valence-electron chi connectivity index (χ0n) is 10.6. The van der Waals surface area contributed by atoms with E-state index in [1.807, 2.05) is 13.8 Å². The van der Waals surface area contributed by atoms with Gasteiger partial charge in [0, 0.05) is 0 Å². The number of hydrogen-bond acceptors (Lipinski definition) is 1. The number of piperidine rings is 1. The van der Waals surface area contributed by atoms with Gasteiger partial charge in [0.15, 0.2) is 0 Å². The molecule has 1 nitrogen and oxygen atoms in total. The third kappa shape index (κ3) is 7.37. The van der Waals surface area contributed by atoms with Crippen molar-refractivity contribution in [3.63, 3.8) is 0 Å². The average Bonchev–Trinajstić information content (AvgIpc) is 2.22. The van der Waals surface area contributed by atoms with Gasteiger partial charge in [0.05, 0.1) is 0 Å². The van der Waals surface area contributed by atoms with Crippen molar-refractivity contribution in [2.24, 2.45) is 11.8 Å². The summed E-state index contributed by atoms with van der Waals surface area (Å²) < 4.78 is 0. The molecule has 0 aromatic heterocycles. The summed E-state index contributed by atoms with van der Waals surface area (Å²) in [6.07, 6.45) is 7.16.